The predicted octanol–water partition coefficient (Wildman–Crippen LogP) is 5.09. The molecule has 0 amide bonds. The van der Waals surface area contributed by atoms with Crippen molar-refractivity contribution in [3.63, 3.8) is 0 Å². The van der Waals surface area contributed by atoms with E-state index in [4.69, 9.17) is 18.6 Å². The van der Waals surface area contributed by atoms with E-state index in [0.29, 0.717) is 12.8 Å². The summed E-state index contributed by atoms with van der Waals surface area (Å²) in [5.41, 5.74) is -1.29. The molecule has 9 heteroatoms. The fourth-order valence-electron chi connectivity index (χ4n) is 3.86. The largest absolute Gasteiger partial charge is 0.481 e. The van der Waals surface area contributed by atoms with Crippen LogP contribution in [-0.2, 0) is 33.0 Å². The predicted molar refractivity (Wildman–Crippen MR) is 132 cm³/mol. The van der Waals surface area contributed by atoms with E-state index in [1.54, 1.807) is 0 Å². The Kier molecular flexibility index (Phi) is 9.96. The van der Waals surface area contributed by atoms with E-state index >= 15 is 0 Å². The zero-order valence-corrected chi connectivity index (χ0v) is 23.9. The Balaban J connectivity index is 3.19. The molecule has 4 atom stereocenters. The van der Waals surface area contributed by atoms with Gasteiger partial charge in [0.05, 0.1) is 31.2 Å². The third-order valence-electron chi connectivity index (χ3n) is 6.77. The van der Waals surface area contributed by atoms with Crippen LogP contribution in [0, 0.1) is 5.41 Å². The van der Waals surface area contributed by atoms with Gasteiger partial charge in [0.1, 0.15) is 11.7 Å². The molecule has 0 aliphatic carbocycles. The second kappa shape index (κ2) is 11.1. The van der Waals surface area contributed by atoms with Crippen molar-refractivity contribution in [2.24, 2.45) is 5.41 Å². The van der Waals surface area contributed by atoms with E-state index in [-0.39, 0.29) is 23.8 Å². The van der Waals surface area contributed by atoms with Gasteiger partial charge >= 0.3 is 17.9 Å². The first kappa shape index (κ1) is 30.6. The Labute approximate surface area is 206 Å². The Hall–Kier alpha value is -1.45. The van der Waals surface area contributed by atoms with Gasteiger partial charge in [0, 0.05) is 18.8 Å². The summed E-state index contributed by atoms with van der Waals surface area (Å²) in [6, 6.07) is 0. The Morgan fingerprint density at radius 1 is 1.12 bits per heavy atom. The van der Waals surface area contributed by atoms with E-state index < -0.39 is 55.7 Å². The van der Waals surface area contributed by atoms with Gasteiger partial charge in [-0.2, -0.15) is 0 Å². The van der Waals surface area contributed by atoms with Gasteiger partial charge in [-0.05, 0) is 45.3 Å². The van der Waals surface area contributed by atoms with Crippen molar-refractivity contribution in [3.8, 4) is 0 Å². The van der Waals surface area contributed by atoms with Crippen LogP contribution in [-0.4, -0.2) is 61.3 Å². The third kappa shape index (κ3) is 9.30. The first-order chi connectivity index (χ1) is 15.1. The van der Waals surface area contributed by atoms with Gasteiger partial charge in [-0.3, -0.25) is 14.4 Å². The van der Waals surface area contributed by atoms with Crippen molar-refractivity contribution >= 4 is 26.2 Å². The van der Waals surface area contributed by atoms with Crippen LogP contribution in [0.3, 0.4) is 0 Å². The van der Waals surface area contributed by atoms with Gasteiger partial charge in [-0.1, -0.05) is 34.6 Å². The summed E-state index contributed by atoms with van der Waals surface area (Å²) in [5, 5.41) is 9.37. The first-order valence-electron chi connectivity index (χ1n) is 12.1. The van der Waals surface area contributed by atoms with Crippen LogP contribution < -0.4 is 0 Å². The Morgan fingerprint density at radius 2 is 1.68 bits per heavy atom. The van der Waals surface area contributed by atoms with Crippen LogP contribution in [0.4, 0.5) is 0 Å². The number of esters is 2. The fraction of sp³-hybridized carbons (Fsp3) is 0.880. The highest BCUT2D eigenvalue weighted by atomic mass is 28.4. The van der Waals surface area contributed by atoms with E-state index in [9.17, 15) is 19.5 Å². The number of hydrogen-bond donors (Lipinski definition) is 1. The molecule has 8 nitrogen and oxygen atoms in total. The summed E-state index contributed by atoms with van der Waals surface area (Å²) in [4.78, 5) is 36.0. The van der Waals surface area contributed by atoms with Gasteiger partial charge in [-0.25, -0.2) is 0 Å². The lowest BCUT2D eigenvalue weighted by Gasteiger charge is -2.47. The van der Waals surface area contributed by atoms with E-state index in [1.807, 2.05) is 34.6 Å². The molecule has 34 heavy (non-hydrogen) atoms. The number of ether oxygens (including phenoxy) is 3. The molecule has 0 aromatic heterocycles. The molecule has 1 fully saturated rings. The van der Waals surface area contributed by atoms with Crippen LogP contribution in [0.2, 0.25) is 18.1 Å². The molecular formula is C25H46O8Si. The maximum atomic E-state index is 12.7. The summed E-state index contributed by atoms with van der Waals surface area (Å²) in [5.74, 6) is -1.76. The maximum Gasteiger partial charge on any atom is 0.308 e. The minimum Gasteiger partial charge on any atom is -0.481 e. The maximum absolute atomic E-state index is 12.7. The van der Waals surface area contributed by atoms with Crippen molar-refractivity contribution in [1.29, 1.82) is 0 Å². The number of carbonyl (C=O) groups excluding carboxylic acids is 2. The van der Waals surface area contributed by atoms with Crippen molar-refractivity contribution in [2.45, 2.75) is 136 Å². The molecular weight excluding hydrogens is 456 g/mol. The average molecular weight is 503 g/mol. The van der Waals surface area contributed by atoms with E-state index in [0.717, 1.165) is 0 Å². The minimum absolute atomic E-state index is 0.0643. The summed E-state index contributed by atoms with van der Waals surface area (Å²) < 4.78 is 24.0. The monoisotopic (exact) mass is 502 g/mol. The van der Waals surface area contributed by atoms with Crippen molar-refractivity contribution in [3.05, 3.63) is 0 Å². The molecule has 0 radical (unpaired) electrons. The van der Waals surface area contributed by atoms with Crippen LogP contribution >= 0.6 is 0 Å². The summed E-state index contributed by atoms with van der Waals surface area (Å²) in [6.45, 7) is 21.1. The molecule has 1 heterocycles. The summed E-state index contributed by atoms with van der Waals surface area (Å²) in [6.07, 6.45) is -1.43. The molecule has 0 spiro atoms. The molecule has 0 unspecified atom stereocenters. The molecule has 1 aliphatic heterocycles. The molecule has 198 valence electrons. The van der Waals surface area contributed by atoms with E-state index in [2.05, 4.69) is 33.9 Å². The first-order valence-corrected chi connectivity index (χ1v) is 15.0. The minimum atomic E-state index is -2.24. The second-order valence-electron chi connectivity index (χ2n) is 12.5. The molecule has 0 bridgehead atoms. The molecule has 1 N–H and O–H groups in total. The summed E-state index contributed by atoms with van der Waals surface area (Å²) >= 11 is 0. The third-order valence-corrected chi connectivity index (χ3v) is 11.3. The molecule has 0 aromatic rings. The molecule has 1 rings (SSSR count). The van der Waals surface area contributed by atoms with Gasteiger partial charge in [0.2, 0.25) is 0 Å². The van der Waals surface area contributed by atoms with Crippen molar-refractivity contribution in [2.75, 3.05) is 0 Å². The number of carboxylic acid groups (broad SMARTS) is 1. The van der Waals surface area contributed by atoms with Gasteiger partial charge in [0.15, 0.2) is 8.32 Å². The lowest BCUT2D eigenvalue weighted by atomic mass is 9.74. The Morgan fingerprint density at radius 3 is 2.12 bits per heavy atom. The second-order valence-corrected chi connectivity index (χ2v) is 17.3. The quantitative estimate of drug-likeness (QED) is 0.343. The molecule has 0 saturated carbocycles. The van der Waals surface area contributed by atoms with Crippen LogP contribution in [0.1, 0.15) is 88.0 Å². The van der Waals surface area contributed by atoms with Crippen LogP contribution in [0.5, 0.6) is 0 Å². The highest BCUT2D eigenvalue weighted by Crippen LogP contribution is 2.43. The normalized spacial score (nSPS) is 24.3. The van der Waals surface area contributed by atoms with Gasteiger partial charge < -0.3 is 23.7 Å². The highest BCUT2D eigenvalue weighted by Gasteiger charge is 2.48. The van der Waals surface area contributed by atoms with E-state index in [1.165, 1.54) is 6.92 Å². The smallest absolute Gasteiger partial charge is 0.308 e. The van der Waals surface area contributed by atoms with Crippen LogP contribution in [0.15, 0.2) is 0 Å². The zero-order chi connectivity index (χ0) is 26.7. The highest BCUT2D eigenvalue weighted by molar-refractivity contribution is 6.74. The number of hydrogen-bond acceptors (Lipinski definition) is 7. The molecule has 0 aromatic carbocycles. The summed E-state index contributed by atoms with van der Waals surface area (Å²) in [7, 11) is -2.24. The average Bonchev–Trinajstić information content (AvgIpc) is 2.55. The number of rotatable bonds is 9. The van der Waals surface area contributed by atoms with Crippen molar-refractivity contribution < 1.29 is 38.1 Å². The van der Waals surface area contributed by atoms with Gasteiger partial charge in [-0.15, -0.1) is 0 Å². The van der Waals surface area contributed by atoms with Gasteiger partial charge in [0.25, 0.3) is 0 Å². The fourth-order valence-corrected chi connectivity index (χ4v) is 5.23. The standard InChI is InChI=1S/C25H46O8Si/c1-16(26)30-19-13-17(31-20(15-21(27)28)25(19,8)9)12-18(14-22(29)32-23(2,3)4)33-34(10,11)24(5,6)7/h17-20H,12-15H2,1-11H3,(H,27,28)/t17-,18-,19+,20+/m1/s1. The zero-order valence-electron chi connectivity index (χ0n) is 22.9. The SMILES string of the molecule is CC(=O)O[C@H]1C[C@@H](C[C@H](CC(=O)OC(C)(C)C)O[Si](C)(C)C(C)(C)C)O[C@@H](CC(=O)O)C1(C)C. The lowest BCUT2D eigenvalue weighted by Crippen LogP contribution is -2.53. The number of carbonyl (C=O) groups is 3. The number of aliphatic carboxylic acids is 1. The van der Waals surface area contributed by atoms with Crippen LogP contribution in [0.25, 0.3) is 0 Å². The van der Waals surface area contributed by atoms with Crippen molar-refractivity contribution in [1.82, 2.24) is 0 Å². The molecule has 1 aliphatic rings. The lowest BCUT2D eigenvalue weighted by molar-refractivity contribution is -0.202. The number of carboxylic acids is 1. The topological polar surface area (TPSA) is 108 Å². The Bertz CT molecular complexity index is 704. The molecule has 1 saturated heterocycles.